The molecule has 0 unspecified atom stereocenters. The lowest BCUT2D eigenvalue weighted by molar-refractivity contribution is 0.0696. The van der Waals surface area contributed by atoms with Crippen molar-refractivity contribution in [1.82, 2.24) is 9.38 Å². The van der Waals surface area contributed by atoms with Gasteiger partial charge in [0, 0.05) is 17.3 Å². The summed E-state index contributed by atoms with van der Waals surface area (Å²) in [4.78, 5) is 28.6. The predicted octanol–water partition coefficient (Wildman–Crippen LogP) is 2.89. The fourth-order valence-corrected chi connectivity index (χ4v) is 3.28. The van der Waals surface area contributed by atoms with E-state index in [2.05, 4.69) is 4.98 Å². The summed E-state index contributed by atoms with van der Waals surface area (Å²) < 4.78 is 6.70. The summed E-state index contributed by atoms with van der Waals surface area (Å²) in [6, 6.07) is 10.7. The lowest BCUT2D eigenvalue weighted by atomic mass is 10.1. The van der Waals surface area contributed by atoms with Crippen LogP contribution in [0.3, 0.4) is 0 Å². The molecule has 2 heterocycles. The number of rotatable bonds is 3. The van der Waals surface area contributed by atoms with Crippen LogP contribution in [0.25, 0.3) is 17.3 Å². The molecule has 0 aliphatic heterocycles. The Morgan fingerprint density at radius 3 is 2.81 bits per heavy atom. The minimum Gasteiger partial charge on any atom is -0.496 e. The number of carbonyl (C=O) groups is 1. The molecule has 130 valence electrons. The van der Waals surface area contributed by atoms with Crippen LogP contribution >= 0.6 is 0 Å². The molecule has 1 N–H and O–H groups in total. The maximum absolute atomic E-state index is 12.8. The van der Waals surface area contributed by atoms with Crippen LogP contribution in [0.2, 0.25) is 0 Å². The number of aromatic nitrogens is 2. The van der Waals surface area contributed by atoms with E-state index in [0.29, 0.717) is 29.7 Å². The van der Waals surface area contributed by atoms with Gasteiger partial charge in [-0.05, 0) is 42.7 Å². The molecule has 6 nitrogen and oxygen atoms in total. The Morgan fingerprint density at radius 2 is 2.04 bits per heavy atom. The average molecular weight is 348 g/mol. The maximum Gasteiger partial charge on any atom is 0.337 e. The lowest BCUT2D eigenvalue weighted by Crippen LogP contribution is -2.20. The van der Waals surface area contributed by atoms with Gasteiger partial charge in [-0.15, -0.1) is 0 Å². The number of para-hydroxylation sites is 1. The van der Waals surface area contributed by atoms with Gasteiger partial charge < -0.3 is 9.84 Å². The first-order valence-corrected chi connectivity index (χ1v) is 8.21. The van der Waals surface area contributed by atoms with Crippen LogP contribution in [0, 0.1) is 0 Å². The molecule has 0 saturated carbocycles. The van der Waals surface area contributed by atoms with E-state index in [4.69, 9.17) is 9.84 Å². The largest absolute Gasteiger partial charge is 0.496 e. The van der Waals surface area contributed by atoms with Crippen LogP contribution in [0.15, 0.2) is 47.4 Å². The molecular weight excluding hydrogens is 332 g/mol. The van der Waals surface area contributed by atoms with Gasteiger partial charge in [-0.25, -0.2) is 9.78 Å². The topological polar surface area (TPSA) is 80.9 Å². The van der Waals surface area contributed by atoms with Crippen molar-refractivity contribution in [1.29, 1.82) is 0 Å². The van der Waals surface area contributed by atoms with Gasteiger partial charge in [-0.3, -0.25) is 9.20 Å². The third kappa shape index (κ3) is 2.56. The number of hydrogen-bond donors (Lipinski definition) is 1. The molecule has 0 fully saturated rings. The predicted molar refractivity (Wildman–Crippen MR) is 97.6 cm³/mol. The normalized spacial score (nSPS) is 14.6. The van der Waals surface area contributed by atoms with E-state index < -0.39 is 5.97 Å². The second kappa shape index (κ2) is 6.15. The van der Waals surface area contributed by atoms with Crippen LogP contribution in [-0.4, -0.2) is 27.6 Å². The third-order valence-electron chi connectivity index (χ3n) is 4.58. The molecule has 2 aromatic heterocycles. The van der Waals surface area contributed by atoms with Gasteiger partial charge in [0.2, 0.25) is 0 Å². The number of fused-ring (bicyclic) bond motifs is 2. The van der Waals surface area contributed by atoms with Gasteiger partial charge in [-0.1, -0.05) is 18.2 Å². The number of benzene rings is 1. The minimum absolute atomic E-state index is 0.0594. The van der Waals surface area contributed by atoms with E-state index in [-0.39, 0.29) is 11.1 Å². The number of aromatic carboxylic acids is 1. The number of pyridine rings is 1. The van der Waals surface area contributed by atoms with Crippen LogP contribution in [-0.2, 0) is 6.42 Å². The SMILES string of the molecule is COc1ccccc1C=C1CCc2c1nc1ccc(C(=O)O)cn1c2=O. The molecule has 1 aliphatic carbocycles. The van der Waals surface area contributed by atoms with Gasteiger partial charge >= 0.3 is 5.97 Å². The van der Waals surface area contributed by atoms with E-state index in [0.717, 1.165) is 16.9 Å². The maximum atomic E-state index is 12.8. The highest BCUT2D eigenvalue weighted by atomic mass is 16.5. The molecule has 0 saturated heterocycles. The smallest absolute Gasteiger partial charge is 0.337 e. The Kier molecular flexibility index (Phi) is 3.80. The number of nitrogens with zero attached hydrogens (tertiary/aromatic N) is 2. The van der Waals surface area contributed by atoms with E-state index in [1.54, 1.807) is 13.2 Å². The molecular formula is C20H16N2O4. The van der Waals surface area contributed by atoms with Crippen molar-refractivity contribution in [2.24, 2.45) is 0 Å². The highest BCUT2D eigenvalue weighted by molar-refractivity contribution is 5.88. The van der Waals surface area contributed by atoms with Crippen LogP contribution in [0.1, 0.15) is 33.6 Å². The zero-order valence-corrected chi connectivity index (χ0v) is 14.1. The summed E-state index contributed by atoms with van der Waals surface area (Å²) in [5.41, 5.74) is 3.50. The molecule has 0 radical (unpaired) electrons. The molecule has 1 aromatic carbocycles. The third-order valence-corrected chi connectivity index (χ3v) is 4.58. The van der Waals surface area contributed by atoms with Gasteiger partial charge in [0.05, 0.1) is 18.4 Å². The van der Waals surface area contributed by atoms with E-state index in [1.165, 1.54) is 16.7 Å². The lowest BCUT2D eigenvalue weighted by Gasteiger charge is -2.07. The van der Waals surface area contributed by atoms with Crippen molar-refractivity contribution < 1.29 is 14.6 Å². The van der Waals surface area contributed by atoms with Crippen LogP contribution in [0.5, 0.6) is 5.75 Å². The molecule has 4 rings (SSSR count). The summed E-state index contributed by atoms with van der Waals surface area (Å²) in [6.07, 6.45) is 4.62. The number of ether oxygens (including phenoxy) is 1. The Hall–Kier alpha value is -3.41. The highest BCUT2D eigenvalue weighted by Crippen LogP contribution is 2.32. The minimum atomic E-state index is -1.07. The first kappa shape index (κ1) is 16.1. The summed E-state index contributed by atoms with van der Waals surface area (Å²) in [5, 5.41) is 9.13. The fourth-order valence-electron chi connectivity index (χ4n) is 3.28. The molecule has 0 spiro atoms. The van der Waals surface area contributed by atoms with Gasteiger partial charge in [0.25, 0.3) is 5.56 Å². The molecule has 0 amide bonds. The highest BCUT2D eigenvalue weighted by Gasteiger charge is 2.23. The number of allylic oxidation sites excluding steroid dienone is 1. The van der Waals surface area contributed by atoms with Crippen molar-refractivity contribution >= 4 is 23.3 Å². The Bertz CT molecular complexity index is 1130. The Morgan fingerprint density at radius 1 is 1.23 bits per heavy atom. The van der Waals surface area contributed by atoms with Crippen LogP contribution < -0.4 is 10.3 Å². The van der Waals surface area contributed by atoms with E-state index >= 15 is 0 Å². The Labute approximate surface area is 149 Å². The number of carboxylic acids is 1. The fraction of sp³-hybridized carbons (Fsp3) is 0.150. The zero-order valence-electron chi connectivity index (χ0n) is 14.1. The molecule has 0 bridgehead atoms. The van der Waals surface area contributed by atoms with Crippen molar-refractivity contribution in [3.8, 4) is 5.75 Å². The zero-order chi connectivity index (χ0) is 18.3. The second-order valence-electron chi connectivity index (χ2n) is 6.11. The molecule has 0 atom stereocenters. The summed E-state index contributed by atoms with van der Waals surface area (Å²) >= 11 is 0. The number of hydrogen-bond acceptors (Lipinski definition) is 4. The summed E-state index contributed by atoms with van der Waals surface area (Å²) in [7, 11) is 1.62. The molecule has 3 aromatic rings. The summed E-state index contributed by atoms with van der Waals surface area (Å²) in [5.74, 6) is -0.312. The van der Waals surface area contributed by atoms with E-state index in [9.17, 15) is 9.59 Å². The standard InChI is InChI=1S/C20H16N2O4/c1-26-16-5-3-2-4-12(16)10-13-6-8-15-18(13)21-17-9-7-14(20(24)25)11-22(17)19(15)23/h2-5,7,9-11H,6,8H2,1H3,(H,24,25). The first-order chi connectivity index (χ1) is 12.6. The van der Waals surface area contributed by atoms with Crippen molar-refractivity contribution in [2.45, 2.75) is 12.8 Å². The van der Waals surface area contributed by atoms with Gasteiger partial charge in [0.1, 0.15) is 11.4 Å². The second-order valence-corrected chi connectivity index (χ2v) is 6.11. The van der Waals surface area contributed by atoms with Crippen molar-refractivity contribution in [3.63, 3.8) is 0 Å². The Balaban J connectivity index is 1.88. The van der Waals surface area contributed by atoms with E-state index in [1.807, 2.05) is 30.3 Å². The van der Waals surface area contributed by atoms with Crippen LogP contribution in [0.4, 0.5) is 0 Å². The summed E-state index contributed by atoms with van der Waals surface area (Å²) in [6.45, 7) is 0. The molecule has 1 aliphatic rings. The average Bonchev–Trinajstić information content (AvgIpc) is 3.05. The van der Waals surface area contributed by atoms with Gasteiger partial charge in [0.15, 0.2) is 0 Å². The van der Waals surface area contributed by atoms with Crippen molar-refractivity contribution in [2.75, 3.05) is 7.11 Å². The monoisotopic (exact) mass is 348 g/mol. The van der Waals surface area contributed by atoms with Crippen molar-refractivity contribution in [3.05, 3.63) is 75.3 Å². The number of carboxylic acid groups (broad SMARTS) is 1. The van der Waals surface area contributed by atoms with Gasteiger partial charge in [-0.2, -0.15) is 0 Å². The first-order valence-electron chi connectivity index (χ1n) is 8.21. The number of methoxy groups -OCH3 is 1. The quantitative estimate of drug-likeness (QED) is 0.787. The molecule has 26 heavy (non-hydrogen) atoms. The molecule has 6 heteroatoms.